The molecule has 0 aromatic heterocycles. The SMILES string of the molecule is NC(=O)C=Cc1cccc(O)c1C=O. The molecule has 1 amide bonds. The van der Waals surface area contributed by atoms with E-state index >= 15 is 0 Å². The van der Waals surface area contributed by atoms with Crippen molar-refractivity contribution in [3.63, 3.8) is 0 Å². The monoisotopic (exact) mass is 191 g/mol. The lowest BCUT2D eigenvalue weighted by Crippen LogP contribution is -2.05. The summed E-state index contributed by atoms with van der Waals surface area (Å²) in [6.07, 6.45) is 3.03. The van der Waals surface area contributed by atoms with Gasteiger partial charge in [0.2, 0.25) is 5.91 Å². The highest BCUT2D eigenvalue weighted by molar-refractivity contribution is 5.93. The summed E-state index contributed by atoms with van der Waals surface area (Å²) in [5.74, 6) is -0.725. The molecule has 0 saturated heterocycles. The molecule has 4 heteroatoms. The van der Waals surface area contributed by atoms with E-state index in [2.05, 4.69) is 0 Å². The minimum atomic E-state index is -0.606. The summed E-state index contributed by atoms with van der Waals surface area (Å²) in [5.41, 5.74) is 5.49. The number of hydrogen-bond donors (Lipinski definition) is 2. The number of phenols is 1. The average Bonchev–Trinajstić information content (AvgIpc) is 2.14. The lowest BCUT2D eigenvalue weighted by molar-refractivity contribution is -0.113. The predicted octanol–water partition coefficient (Wildman–Crippen LogP) is 0.703. The molecule has 0 spiro atoms. The Bertz CT molecular complexity index is 396. The van der Waals surface area contributed by atoms with Crippen LogP contribution in [0.3, 0.4) is 0 Å². The van der Waals surface area contributed by atoms with E-state index in [1.165, 1.54) is 12.1 Å². The summed E-state index contributed by atoms with van der Waals surface area (Å²) < 4.78 is 0. The number of primary amides is 1. The molecule has 0 fully saturated rings. The number of phenolic OH excluding ortho intramolecular Hbond substituents is 1. The Hall–Kier alpha value is -2.10. The third-order valence-electron chi connectivity index (χ3n) is 1.66. The Morgan fingerprint density at radius 3 is 2.71 bits per heavy atom. The largest absolute Gasteiger partial charge is 0.507 e. The zero-order valence-corrected chi connectivity index (χ0v) is 7.31. The number of aldehydes is 1. The molecule has 4 nitrogen and oxygen atoms in total. The molecule has 0 saturated carbocycles. The molecule has 0 radical (unpaired) electrons. The number of nitrogens with two attached hydrogens (primary N) is 1. The van der Waals surface area contributed by atoms with E-state index in [1.807, 2.05) is 0 Å². The number of carbonyl (C=O) groups is 2. The van der Waals surface area contributed by atoms with Crippen LogP contribution in [0.4, 0.5) is 0 Å². The molecule has 1 aromatic rings. The summed E-state index contributed by atoms with van der Waals surface area (Å²) in [6, 6.07) is 4.57. The summed E-state index contributed by atoms with van der Waals surface area (Å²) in [4.78, 5) is 21.0. The Morgan fingerprint density at radius 1 is 1.43 bits per heavy atom. The van der Waals surface area contributed by atoms with Crippen molar-refractivity contribution < 1.29 is 14.7 Å². The van der Waals surface area contributed by atoms with Gasteiger partial charge < -0.3 is 10.8 Å². The molecule has 14 heavy (non-hydrogen) atoms. The fourth-order valence-corrected chi connectivity index (χ4v) is 1.02. The first-order chi connectivity index (χ1) is 6.65. The van der Waals surface area contributed by atoms with Crippen LogP contribution in [0.2, 0.25) is 0 Å². The topological polar surface area (TPSA) is 80.4 Å². The van der Waals surface area contributed by atoms with Gasteiger partial charge in [0, 0.05) is 6.08 Å². The molecule has 1 rings (SSSR count). The van der Waals surface area contributed by atoms with Gasteiger partial charge in [0.1, 0.15) is 5.75 Å². The zero-order chi connectivity index (χ0) is 10.6. The molecule has 0 aliphatic rings. The Kier molecular flexibility index (Phi) is 3.01. The molecular weight excluding hydrogens is 182 g/mol. The summed E-state index contributed by atoms with van der Waals surface area (Å²) in [5, 5.41) is 9.28. The summed E-state index contributed by atoms with van der Waals surface area (Å²) in [6.45, 7) is 0. The van der Waals surface area contributed by atoms with Gasteiger partial charge in [-0.1, -0.05) is 12.1 Å². The number of aromatic hydroxyl groups is 1. The van der Waals surface area contributed by atoms with Crippen LogP contribution in [0, 0.1) is 0 Å². The average molecular weight is 191 g/mol. The summed E-state index contributed by atoms with van der Waals surface area (Å²) >= 11 is 0. The van der Waals surface area contributed by atoms with E-state index < -0.39 is 5.91 Å². The van der Waals surface area contributed by atoms with E-state index in [-0.39, 0.29) is 11.3 Å². The minimum absolute atomic E-state index is 0.119. The molecule has 0 bridgehead atoms. The van der Waals surface area contributed by atoms with E-state index in [4.69, 9.17) is 5.73 Å². The van der Waals surface area contributed by atoms with Crippen LogP contribution in [-0.2, 0) is 4.79 Å². The maximum atomic E-state index is 10.6. The van der Waals surface area contributed by atoms with Gasteiger partial charge in [-0.3, -0.25) is 9.59 Å². The third-order valence-corrected chi connectivity index (χ3v) is 1.66. The van der Waals surface area contributed by atoms with Crippen molar-refractivity contribution in [1.82, 2.24) is 0 Å². The van der Waals surface area contributed by atoms with Crippen molar-refractivity contribution in [2.45, 2.75) is 0 Å². The molecule has 72 valence electrons. The van der Waals surface area contributed by atoms with E-state index in [9.17, 15) is 14.7 Å². The van der Waals surface area contributed by atoms with Gasteiger partial charge in [0.15, 0.2) is 6.29 Å². The van der Waals surface area contributed by atoms with Crippen molar-refractivity contribution >= 4 is 18.3 Å². The van der Waals surface area contributed by atoms with Crippen molar-refractivity contribution in [2.24, 2.45) is 5.73 Å². The van der Waals surface area contributed by atoms with Gasteiger partial charge in [-0.25, -0.2) is 0 Å². The van der Waals surface area contributed by atoms with Crippen LogP contribution in [0.5, 0.6) is 5.75 Å². The lowest BCUT2D eigenvalue weighted by Gasteiger charge is -2.00. The Balaban J connectivity index is 3.14. The van der Waals surface area contributed by atoms with Crippen molar-refractivity contribution in [3.8, 4) is 5.75 Å². The van der Waals surface area contributed by atoms with Crippen LogP contribution in [-0.4, -0.2) is 17.3 Å². The van der Waals surface area contributed by atoms with E-state index in [1.54, 1.807) is 12.1 Å². The highest BCUT2D eigenvalue weighted by Crippen LogP contribution is 2.19. The molecule has 0 atom stereocenters. The van der Waals surface area contributed by atoms with Gasteiger partial charge in [-0.2, -0.15) is 0 Å². The van der Waals surface area contributed by atoms with Crippen LogP contribution >= 0.6 is 0 Å². The number of amides is 1. The summed E-state index contributed by atoms with van der Waals surface area (Å²) in [7, 11) is 0. The maximum absolute atomic E-state index is 10.6. The van der Waals surface area contributed by atoms with Crippen LogP contribution in [0.25, 0.3) is 6.08 Å². The first kappa shape index (κ1) is 9.98. The molecule has 1 aromatic carbocycles. The zero-order valence-electron chi connectivity index (χ0n) is 7.31. The number of benzene rings is 1. The molecule has 0 aliphatic heterocycles. The second kappa shape index (κ2) is 4.23. The fourth-order valence-electron chi connectivity index (χ4n) is 1.02. The molecular formula is C10H9NO3. The van der Waals surface area contributed by atoms with Gasteiger partial charge in [0.25, 0.3) is 0 Å². The second-order valence-corrected chi connectivity index (χ2v) is 2.63. The van der Waals surface area contributed by atoms with Crippen molar-refractivity contribution in [3.05, 3.63) is 35.4 Å². The first-order valence-corrected chi connectivity index (χ1v) is 3.90. The lowest BCUT2D eigenvalue weighted by atomic mass is 10.1. The van der Waals surface area contributed by atoms with E-state index in [0.717, 1.165) is 6.08 Å². The van der Waals surface area contributed by atoms with Gasteiger partial charge in [-0.05, 0) is 17.7 Å². The maximum Gasteiger partial charge on any atom is 0.241 e. The van der Waals surface area contributed by atoms with E-state index in [0.29, 0.717) is 11.8 Å². The molecule has 3 N–H and O–H groups in total. The minimum Gasteiger partial charge on any atom is -0.507 e. The fraction of sp³-hybridized carbons (Fsp3) is 0. The quantitative estimate of drug-likeness (QED) is 0.545. The predicted molar refractivity (Wildman–Crippen MR) is 51.7 cm³/mol. The highest BCUT2D eigenvalue weighted by Gasteiger charge is 2.03. The smallest absolute Gasteiger partial charge is 0.241 e. The Morgan fingerprint density at radius 2 is 2.14 bits per heavy atom. The van der Waals surface area contributed by atoms with Crippen molar-refractivity contribution in [1.29, 1.82) is 0 Å². The third kappa shape index (κ3) is 2.20. The molecule has 0 heterocycles. The Labute approximate surface area is 80.7 Å². The van der Waals surface area contributed by atoms with Gasteiger partial charge in [0.05, 0.1) is 5.56 Å². The highest BCUT2D eigenvalue weighted by atomic mass is 16.3. The number of rotatable bonds is 3. The van der Waals surface area contributed by atoms with Crippen LogP contribution in [0.15, 0.2) is 24.3 Å². The van der Waals surface area contributed by atoms with Crippen LogP contribution in [0.1, 0.15) is 15.9 Å². The van der Waals surface area contributed by atoms with Gasteiger partial charge in [-0.15, -0.1) is 0 Å². The standard InChI is InChI=1S/C10H9NO3/c11-10(14)5-4-7-2-1-3-9(13)8(7)6-12/h1-6,13H,(H2,11,14). The van der Waals surface area contributed by atoms with Crippen LogP contribution < -0.4 is 5.73 Å². The van der Waals surface area contributed by atoms with Gasteiger partial charge >= 0.3 is 0 Å². The first-order valence-electron chi connectivity index (χ1n) is 3.90. The van der Waals surface area contributed by atoms with Crippen molar-refractivity contribution in [2.75, 3.05) is 0 Å². The second-order valence-electron chi connectivity index (χ2n) is 2.63. The number of hydrogen-bond acceptors (Lipinski definition) is 3. The number of carbonyl (C=O) groups excluding carboxylic acids is 2. The molecule has 0 unspecified atom stereocenters. The molecule has 0 aliphatic carbocycles. The normalized spacial score (nSPS) is 10.3.